The molecule has 4 rings (SSSR count). The highest BCUT2D eigenvalue weighted by Gasteiger charge is 2.10. The summed E-state index contributed by atoms with van der Waals surface area (Å²) in [6.45, 7) is 6.83. The van der Waals surface area contributed by atoms with E-state index in [1.165, 1.54) is 16.7 Å². The maximum Gasteiger partial charge on any atom is 0.136 e. The molecular weight excluding hydrogens is 286 g/mol. The third-order valence-corrected chi connectivity index (χ3v) is 4.49. The van der Waals surface area contributed by atoms with Crippen LogP contribution in [-0.2, 0) is 11.3 Å². The minimum Gasteiger partial charge on any atom is -0.379 e. The zero-order valence-corrected chi connectivity index (χ0v) is 13.4. The van der Waals surface area contributed by atoms with Crippen LogP contribution in [0.5, 0.6) is 0 Å². The molecule has 0 aliphatic carbocycles. The Balaban J connectivity index is 1.55. The van der Waals surface area contributed by atoms with Gasteiger partial charge in [0.15, 0.2) is 0 Å². The van der Waals surface area contributed by atoms with Crippen LogP contribution in [0.3, 0.4) is 0 Å². The Morgan fingerprint density at radius 2 is 1.74 bits per heavy atom. The summed E-state index contributed by atoms with van der Waals surface area (Å²) in [5, 5.41) is 0. The molecule has 0 bridgehead atoms. The molecule has 1 aliphatic heterocycles. The number of hydrogen-bond acceptors (Lipinski definition) is 3. The van der Waals surface area contributed by atoms with E-state index >= 15 is 0 Å². The molecule has 0 atom stereocenters. The van der Waals surface area contributed by atoms with E-state index in [0.717, 1.165) is 44.2 Å². The van der Waals surface area contributed by atoms with Crippen LogP contribution < -0.4 is 0 Å². The van der Waals surface area contributed by atoms with Crippen molar-refractivity contribution in [2.75, 3.05) is 26.3 Å². The molecule has 4 heteroatoms. The van der Waals surface area contributed by atoms with Gasteiger partial charge < -0.3 is 9.14 Å². The number of morpholine rings is 1. The number of pyridine rings is 1. The minimum atomic E-state index is 0.850. The van der Waals surface area contributed by atoms with Gasteiger partial charge in [-0.05, 0) is 35.7 Å². The maximum absolute atomic E-state index is 5.40. The largest absolute Gasteiger partial charge is 0.379 e. The quantitative estimate of drug-likeness (QED) is 0.744. The van der Waals surface area contributed by atoms with Gasteiger partial charge >= 0.3 is 0 Å². The summed E-state index contributed by atoms with van der Waals surface area (Å²) in [5.74, 6) is 0. The molecule has 0 amide bonds. The highest BCUT2D eigenvalue weighted by Crippen LogP contribution is 2.22. The molecule has 4 nitrogen and oxygen atoms in total. The van der Waals surface area contributed by atoms with Gasteiger partial charge in [0.05, 0.1) is 13.2 Å². The van der Waals surface area contributed by atoms with Crippen LogP contribution in [-0.4, -0.2) is 40.6 Å². The third-order valence-electron chi connectivity index (χ3n) is 4.49. The Bertz CT molecular complexity index is 801. The lowest BCUT2D eigenvalue weighted by molar-refractivity contribution is 0.0342. The lowest BCUT2D eigenvalue weighted by Gasteiger charge is -2.26. The van der Waals surface area contributed by atoms with E-state index in [4.69, 9.17) is 4.74 Å². The van der Waals surface area contributed by atoms with Gasteiger partial charge in [-0.25, -0.2) is 4.98 Å². The van der Waals surface area contributed by atoms with Crippen molar-refractivity contribution in [2.24, 2.45) is 0 Å². The number of nitrogens with zero attached hydrogens (tertiary/aromatic N) is 3. The van der Waals surface area contributed by atoms with E-state index in [9.17, 15) is 0 Å². The Labute approximate surface area is 136 Å². The second kappa shape index (κ2) is 6.14. The lowest BCUT2D eigenvalue weighted by atomic mass is 10.1. The SMILES string of the molecule is Cc1cnc2ccc(-c3ccc(CN4CCOCC4)cc3)cn12. The Morgan fingerprint density at radius 3 is 2.52 bits per heavy atom. The van der Waals surface area contributed by atoms with Crippen LogP contribution in [0.1, 0.15) is 11.3 Å². The molecule has 0 N–H and O–H groups in total. The van der Waals surface area contributed by atoms with Gasteiger partial charge in [-0.15, -0.1) is 0 Å². The fourth-order valence-corrected chi connectivity index (χ4v) is 3.09. The summed E-state index contributed by atoms with van der Waals surface area (Å²) in [5.41, 5.74) is 5.97. The summed E-state index contributed by atoms with van der Waals surface area (Å²) in [7, 11) is 0. The molecule has 1 aromatic carbocycles. The van der Waals surface area contributed by atoms with E-state index in [1.807, 2.05) is 6.20 Å². The molecule has 3 heterocycles. The summed E-state index contributed by atoms with van der Waals surface area (Å²) in [6, 6.07) is 13.1. The Hall–Kier alpha value is -2.17. The molecule has 1 aliphatic rings. The average molecular weight is 307 g/mol. The first-order valence-electron chi connectivity index (χ1n) is 8.13. The van der Waals surface area contributed by atoms with Crippen molar-refractivity contribution >= 4 is 5.65 Å². The lowest BCUT2D eigenvalue weighted by Crippen LogP contribution is -2.35. The van der Waals surface area contributed by atoms with Crippen molar-refractivity contribution in [3.8, 4) is 11.1 Å². The number of rotatable bonds is 3. The molecule has 0 saturated carbocycles. The molecule has 1 saturated heterocycles. The first-order chi connectivity index (χ1) is 11.3. The van der Waals surface area contributed by atoms with Crippen LogP contribution in [0.4, 0.5) is 0 Å². The molecule has 0 radical (unpaired) electrons. The van der Waals surface area contributed by atoms with E-state index in [2.05, 4.69) is 63.8 Å². The average Bonchev–Trinajstić information content (AvgIpc) is 2.97. The predicted molar refractivity (Wildman–Crippen MR) is 91.5 cm³/mol. The summed E-state index contributed by atoms with van der Waals surface area (Å²) in [4.78, 5) is 6.82. The van der Waals surface area contributed by atoms with Gasteiger partial charge in [-0.3, -0.25) is 4.90 Å². The van der Waals surface area contributed by atoms with Gasteiger partial charge in [-0.2, -0.15) is 0 Å². The van der Waals surface area contributed by atoms with Crippen LogP contribution in [0.25, 0.3) is 16.8 Å². The van der Waals surface area contributed by atoms with Crippen molar-refractivity contribution in [2.45, 2.75) is 13.5 Å². The van der Waals surface area contributed by atoms with Crippen LogP contribution >= 0.6 is 0 Å². The standard InChI is InChI=1S/C19H21N3O/c1-15-12-20-19-7-6-18(14-22(15)19)17-4-2-16(3-5-17)13-21-8-10-23-11-9-21/h2-7,12,14H,8-11,13H2,1H3. The zero-order chi connectivity index (χ0) is 15.6. The topological polar surface area (TPSA) is 29.8 Å². The second-order valence-electron chi connectivity index (χ2n) is 6.13. The number of aromatic nitrogens is 2. The summed E-state index contributed by atoms with van der Waals surface area (Å²) < 4.78 is 7.54. The summed E-state index contributed by atoms with van der Waals surface area (Å²) in [6.07, 6.45) is 4.07. The molecule has 3 aromatic rings. The number of fused-ring (bicyclic) bond motifs is 1. The van der Waals surface area contributed by atoms with Crippen molar-refractivity contribution in [1.82, 2.24) is 14.3 Å². The van der Waals surface area contributed by atoms with Crippen molar-refractivity contribution in [1.29, 1.82) is 0 Å². The highest BCUT2D eigenvalue weighted by atomic mass is 16.5. The van der Waals surface area contributed by atoms with Gasteiger partial charge in [0, 0.05) is 37.7 Å². The number of ether oxygens (including phenoxy) is 1. The first-order valence-corrected chi connectivity index (χ1v) is 8.13. The van der Waals surface area contributed by atoms with Crippen molar-refractivity contribution < 1.29 is 4.74 Å². The van der Waals surface area contributed by atoms with Crippen LogP contribution in [0.2, 0.25) is 0 Å². The number of hydrogen-bond donors (Lipinski definition) is 0. The van der Waals surface area contributed by atoms with Gasteiger partial charge in [0.1, 0.15) is 5.65 Å². The third kappa shape index (κ3) is 3.00. The normalized spacial score (nSPS) is 16.0. The fourth-order valence-electron chi connectivity index (χ4n) is 3.09. The molecule has 118 valence electrons. The van der Waals surface area contributed by atoms with Gasteiger partial charge in [-0.1, -0.05) is 24.3 Å². The van der Waals surface area contributed by atoms with E-state index in [-0.39, 0.29) is 0 Å². The van der Waals surface area contributed by atoms with E-state index < -0.39 is 0 Å². The first kappa shape index (κ1) is 14.4. The smallest absolute Gasteiger partial charge is 0.136 e. The fraction of sp³-hybridized carbons (Fsp3) is 0.316. The van der Waals surface area contributed by atoms with Crippen LogP contribution in [0, 0.1) is 6.92 Å². The predicted octanol–water partition coefficient (Wildman–Crippen LogP) is 3.14. The van der Waals surface area contributed by atoms with Gasteiger partial charge in [0.2, 0.25) is 0 Å². The zero-order valence-electron chi connectivity index (χ0n) is 13.4. The van der Waals surface area contributed by atoms with Gasteiger partial charge in [0.25, 0.3) is 0 Å². The molecule has 2 aromatic heterocycles. The maximum atomic E-state index is 5.40. The van der Waals surface area contributed by atoms with Crippen LogP contribution in [0.15, 0.2) is 48.8 Å². The highest BCUT2D eigenvalue weighted by molar-refractivity contribution is 5.65. The Morgan fingerprint density at radius 1 is 1.00 bits per heavy atom. The second-order valence-corrected chi connectivity index (χ2v) is 6.13. The molecule has 0 unspecified atom stereocenters. The number of aryl methyl sites for hydroxylation is 1. The van der Waals surface area contributed by atoms with Crippen molar-refractivity contribution in [3.05, 3.63) is 60.0 Å². The summed E-state index contributed by atoms with van der Waals surface area (Å²) >= 11 is 0. The van der Waals surface area contributed by atoms with Crippen molar-refractivity contribution in [3.63, 3.8) is 0 Å². The molecule has 0 spiro atoms. The molecule has 1 fully saturated rings. The van der Waals surface area contributed by atoms with E-state index in [1.54, 1.807) is 0 Å². The minimum absolute atomic E-state index is 0.850. The monoisotopic (exact) mass is 307 g/mol. The number of benzene rings is 1. The van der Waals surface area contributed by atoms with E-state index in [0.29, 0.717) is 0 Å². The number of imidazole rings is 1. The molecular formula is C19H21N3O. The molecule has 23 heavy (non-hydrogen) atoms. The Kier molecular flexibility index (Phi) is 3.85.